The minimum absolute atomic E-state index is 0.181. The maximum Gasteiger partial charge on any atom is 0.416 e. The summed E-state index contributed by atoms with van der Waals surface area (Å²) >= 11 is 0. The standard InChI is InChI=1S/C16H25F3N2/c1-6-21(7-2)15(3,4)14(20-5)12-9-8-10-13(11-12)16(17,18)19/h8-11,14,20H,6-7H2,1-5H3. The number of hydrogen-bond acceptors (Lipinski definition) is 2. The second kappa shape index (κ2) is 6.79. The molecule has 0 fully saturated rings. The topological polar surface area (TPSA) is 15.3 Å². The number of likely N-dealkylation sites (N-methyl/N-ethyl adjacent to an activating group) is 2. The highest BCUT2D eigenvalue weighted by Gasteiger charge is 2.36. The SMILES string of the molecule is CCN(CC)C(C)(C)C(NC)c1cccc(C(F)(F)F)c1. The molecule has 0 heterocycles. The van der Waals surface area contributed by atoms with E-state index in [0.717, 1.165) is 19.2 Å². The van der Waals surface area contributed by atoms with Crippen LogP contribution in [0.5, 0.6) is 0 Å². The predicted octanol–water partition coefficient (Wildman–Crippen LogP) is 4.09. The highest BCUT2D eigenvalue weighted by Crippen LogP contribution is 2.35. The van der Waals surface area contributed by atoms with E-state index >= 15 is 0 Å². The molecule has 0 amide bonds. The maximum absolute atomic E-state index is 12.9. The van der Waals surface area contributed by atoms with Crippen LogP contribution in [0.2, 0.25) is 0 Å². The molecule has 0 spiro atoms. The number of nitrogens with zero attached hydrogens (tertiary/aromatic N) is 1. The Hall–Kier alpha value is -1.07. The zero-order chi connectivity index (χ0) is 16.3. The summed E-state index contributed by atoms with van der Waals surface area (Å²) in [6, 6.07) is 5.40. The summed E-state index contributed by atoms with van der Waals surface area (Å²) in [6.07, 6.45) is -4.31. The van der Waals surface area contributed by atoms with Crippen molar-refractivity contribution in [2.75, 3.05) is 20.1 Å². The van der Waals surface area contributed by atoms with Gasteiger partial charge in [0, 0.05) is 11.6 Å². The number of hydrogen-bond donors (Lipinski definition) is 1. The Bertz CT molecular complexity index is 451. The normalized spacial score (nSPS) is 14.5. The minimum atomic E-state index is -4.31. The molecule has 0 aliphatic carbocycles. The summed E-state index contributed by atoms with van der Waals surface area (Å²) in [7, 11) is 1.79. The lowest BCUT2D eigenvalue weighted by atomic mass is 9.86. The van der Waals surface area contributed by atoms with Crippen molar-refractivity contribution >= 4 is 0 Å². The van der Waals surface area contributed by atoms with Crippen molar-refractivity contribution in [3.63, 3.8) is 0 Å². The second-order valence-corrected chi connectivity index (χ2v) is 5.67. The molecule has 1 atom stereocenters. The third kappa shape index (κ3) is 3.98. The van der Waals surface area contributed by atoms with Crippen LogP contribution in [0.4, 0.5) is 13.2 Å². The van der Waals surface area contributed by atoms with Crippen LogP contribution in [0.1, 0.15) is 44.9 Å². The fourth-order valence-corrected chi connectivity index (χ4v) is 3.04. The number of halogens is 3. The second-order valence-electron chi connectivity index (χ2n) is 5.67. The lowest BCUT2D eigenvalue weighted by Gasteiger charge is -2.43. The fraction of sp³-hybridized carbons (Fsp3) is 0.625. The summed E-state index contributed by atoms with van der Waals surface area (Å²) in [5.41, 5.74) is -0.234. The van der Waals surface area contributed by atoms with Gasteiger partial charge in [-0.3, -0.25) is 4.90 Å². The average Bonchev–Trinajstić information content (AvgIpc) is 2.39. The third-order valence-electron chi connectivity index (χ3n) is 4.12. The molecule has 1 aromatic rings. The molecular formula is C16H25F3N2. The van der Waals surface area contributed by atoms with Crippen molar-refractivity contribution in [2.45, 2.75) is 45.5 Å². The van der Waals surface area contributed by atoms with Crippen LogP contribution in [-0.4, -0.2) is 30.6 Å². The molecular weight excluding hydrogens is 277 g/mol. The van der Waals surface area contributed by atoms with Crippen LogP contribution in [-0.2, 0) is 6.18 Å². The van der Waals surface area contributed by atoms with Gasteiger partial charge in [-0.2, -0.15) is 13.2 Å². The molecule has 0 saturated carbocycles. The fourth-order valence-electron chi connectivity index (χ4n) is 3.04. The molecule has 1 unspecified atom stereocenters. The van der Waals surface area contributed by atoms with E-state index in [1.54, 1.807) is 13.1 Å². The van der Waals surface area contributed by atoms with E-state index < -0.39 is 11.7 Å². The van der Waals surface area contributed by atoms with Crippen LogP contribution in [0.3, 0.4) is 0 Å². The van der Waals surface area contributed by atoms with Gasteiger partial charge in [-0.15, -0.1) is 0 Å². The van der Waals surface area contributed by atoms with E-state index in [1.807, 2.05) is 0 Å². The molecule has 0 aliphatic rings. The van der Waals surface area contributed by atoms with E-state index in [1.165, 1.54) is 12.1 Å². The molecule has 21 heavy (non-hydrogen) atoms. The first-order chi connectivity index (χ1) is 9.68. The van der Waals surface area contributed by atoms with E-state index in [-0.39, 0.29) is 11.6 Å². The van der Waals surface area contributed by atoms with Crippen molar-refractivity contribution in [3.8, 4) is 0 Å². The smallest absolute Gasteiger partial charge is 0.311 e. The van der Waals surface area contributed by atoms with Crippen molar-refractivity contribution in [1.82, 2.24) is 10.2 Å². The minimum Gasteiger partial charge on any atom is -0.311 e. The lowest BCUT2D eigenvalue weighted by Crippen LogP contribution is -2.52. The van der Waals surface area contributed by atoms with Gasteiger partial charge in [0.15, 0.2) is 0 Å². The zero-order valence-corrected chi connectivity index (χ0v) is 13.4. The van der Waals surface area contributed by atoms with Crippen LogP contribution >= 0.6 is 0 Å². The van der Waals surface area contributed by atoms with E-state index in [4.69, 9.17) is 0 Å². The van der Waals surface area contributed by atoms with Gasteiger partial charge >= 0.3 is 6.18 Å². The number of benzene rings is 1. The molecule has 2 nitrogen and oxygen atoms in total. The maximum atomic E-state index is 12.9. The molecule has 120 valence electrons. The molecule has 0 radical (unpaired) electrons. The molecule has 5 heteroatoms. The van der Waals surface area contributed by atoms with Crippen molar-refractivity contribution in [1.29, 1.82) is 0 Å². The largest absolute Gasteiger partial charge is 0.416 e. The summed E-state index contributed by atoms with van der Waals surface area (Å²) in [4.78, 5) is 2.24. The summed E-state index contributed by atoms with van der Waals surface area (Å²) in [6.45, 7) is 9.93. The Labute approximate surface area is 125 Å². The number of rotatable bonds is 6. The van der Waals surface area contributed by atoms with E-state index in [9.17, 15) is 13.2 Å². The van der Waals surface area contributed by atoms with Crippen LogP contribution in [0.15, 0.2) is 24.3 Å². The predicted molar refractivity (Wildman–Crippen MR) is 80.2 cm³/mol. The molecule has 1 rings (SSSR count). The van der Waals surface area contributed by atoms with Crippen molar-refractivity contribution < 1.29 is 13.2 Å². The summed E-state index contributed by atoms with van der Waals surface area (Å²) in [5.74, 6) is 0. The monoisotopic (exact) mass is 302 g/mol. The summed E-state index contributed by atoms with van der Waals surface area (Å²) < 4.78 is 38.7. The Balaban J connectivity index is 3.21. The third-order valence-corrected chi connectivity index (χ3v) is 4.12. The lowest BCUT2D eigenvalue weighted by molar-refractivity contribution is -0.137. The molecule has 0 aliphatic heterocycles. The Morgan fingerprint density at radius 3 is 2.14 bits per heavy atom. The quantitative estimate of drug-likeness (QED) is 0.851. The Morgan fingerprint density at radius 1 is 1.14 bits per heavy atom. The summed E-state index contributed by atoms with van der Waals surface area (Å²) in [5, 5.41) is 3.18. The van der Waals surface area contributed by atoms with Crippen LogP contribution in [0.25, 0.3) is 0 Å². The highest BCUT2D eigenvalue weighted by atomic mass is 19.4. The van der Waals surface area contributed by atoms with Crippen LogP contribution in [0, 0.1) is 0 Å². The van der Waals surface area contributed by atoms with Gasteiger partial charge in [-0.05, 0) is 51.7 Å². The Morgan fingerprint density at radius 2 is 1.71 bits per heavy atom. The van der Waals surface area contributed by atoms with Gasteiger partial charge in [0.1, 0.15) is 0 Å². The van der Waals surface area contributed by atoms with E-state index in [2.05, 4.69) is 37.9 Å². The van der Waals surface area contributed by atoms with Crippen LogP contribution < -0.4 is 5.32 Å². The van der Waals surface area contributed by atoms with Gasteiger partial charge < -0.3 is 5.32 Å². The van der Waals surface area contributed by atoms with Gasteiger partial charge in [0.05, 0.1) is 5.56 Å². The van der Waals surface area contributed by atoms with Gasteiger partial charge in [-0.25, -0.2) is 0 Å². The van der Waals surface area contributed by atoms with E-state index in [0.29, 0.717) is 5.56 Å². The van der Waals surface area contributed by atoms with Gasteiger partial charge in [0.2, 0.25) is 0 Å². The molecule has 0 bridgehead atoms. The average molecular weight is 302 g/mol. The molecule has 1 N–H and O–H groups in total. The van der Waals surface area contributed by atoms with Crippen molar-refractivity contribution in [2.24, 2.45) is 0 Å². The first-order valence-electron chi connectivity index (χ1n) is 7.27. The van der Waals surface area contributed by atoms with Gasteiger partial charge in [0.25, 0.3) is 0 Å². The number of nitrogens with one attached hydrogen (secondary N) is 1. The first kappa shape index (κ1) is 18.0. The van der Waals surface area contributed by atoms with Gasteiger partial charge in [-0.1, -0.05) is 26.0 Å². The zero-order valence-electron chi connectivity index (χ0n) is 13.4. The highest BCUT2D eigenvalue weighted by molar-refractivity contribution is 5.30. The molecule has 0 aromatic heterocycles. The number of alkyl halides is 3. The first-order valence-corrected chi connectivity index (χ1v) is 7.27. The Kier molecular flexibility index (Phi) is 5.82. The molecule has 0 saturated heterocycles. The molecule has 1 aromatic carbocycles. The van der Waals surface area contributed by atoms with Crippen molar-refractivity contribution in [3.05, 3.63) is 35.4 Å².